The number of halogens is 1. The Kier molecular flexibility index (Phi) is 8.45. The second-order valence-electron chi connectivity index (χ2n) is 9.66. The highest BCUT2D eigenvalue weighted by Gasteiger charge is 2.30. The van der Waals surface area contributed by atoms with Crippen LogP contribution in [0.1, 0.15) is 40.9 Å². The number of Topliss-reactive ketones (excluding diaryl/α,β-unsaturated/α-hetero) is 1. The molecule has 6 nitrogen and oxygen atoms in total. The van der Waals surface area contributed by atoms with Crippen LogP contribution in [0.15, 0.2) is 42.5 Å². The molecule has 2 aromatic rings. The Hall–Kier alpha value is -2.16. The number of ether oxygens (including phenoxy) is 1. The number of carbonyl (C=O) groups is 1. The van der Waals surface area contributed by atoms with Crippen molar-refractivity contribution in [1.82, 2.24) is 14.7 Å². The van der Waals surface area contributed by atoms with E-state index in [1.807, 2.05) is 0 Å². The predicted octanol–water partition coefficient (Wildman–Crippen LogP) is 2.93. The Morgan fingerprint density at radius 2 is 1.65 bits per heavy atom. The number of hydrogen-bond donors (Lipinski definition) is 1. The molecule has 2 saturated heterocycles. The molecule has 0 unspecified atom stereocenters. The summed E-state index contributed by atoms with van der Waals surface area (Å²) in [6.45, 7) is 11.6. The maximum atomic E-state index is 14.6. The molecule has 34 heavy (non-hydrogen) atoms. The first-order valence-electron chi connectivity index (χ1n) is 12.2. The number of piperazine rings is 1. The molecule has 0 amide bonds. The zero-order valence-electron chi connectivity index (χ0n) is 20.3. The topological polar surface area (TPSA) is 56.3 Å². The van der Waals surface area contributed by atoms with Gasteiger partial charge in [0.15, 0.2) is 5.78 Å². The highest BCUT2D eigenvalue weighted by molar-refractivity contribution is 5.96. The van der Waals surface area contributed by atoms with E-state index in [1.165, 1.54) is 17.2 Å². The Balaban J connectivity index is 1.35. The molecule has 0 aromatic heterocycles. The van der Waals surface area contributed by atoms with Gasteiger partial charge in [-0.3, -0.25) is 19.5 Å². The van der Waals surface area contributed by atoms with Crippen LogP contribution in [-0.4, -0.2) is 83.7 Å². The average Bonchev–Trinajstić information content (AvgIpc) is 2.83. The van der Waals surface area contributed by atoms with E-state index in [-0.39, 0.29) is 11.4 Å². The minimum absolute atomic E-state index is 0.214. The molecule has 1 N–H and O–H groups in total. The molecular weight excluding hydrogens is 433 g/mol. The van der Waals surface area contributed by atoms with Gasteiger partial charge in [-0.2, -0.15) is 0 Å². The lowest BCUT2D eigenvalue weighted by molar-refractivity contribution is 0.0283. The van der Waals surface area contributed by atoms with Gasteiger partial charge in [-0.1, -0.05) is 36.4 Å². The average molecular weight is 470 g/mol. The standard InChI is InChI=1S/C27H36FN3O3/c1-20-14-30(18-25-7-6-24(13-26(25)28)27(33)19-32)15-21(2)31(20)17-23-5-3-4-22(12-23)16-29-8-10-34-11-9-29/h3-7,12-13,20-21,32H,8-11,14-19H2,1-2H3/t20-,21+. The van der Waals surface area contributed by atoms with E-state index < -0.39 is 12.4 Å². The SMILES string of the molecule is C[C@@H]1CN(Cc2ccc(C(=O)CO)cc2F)C[C@H](C)N1Cc1cccc(CN2CCOCC2)c1. The normalized spacial score (nSPS) is 22.7. The lowest BCUT2D eigenvalue weighted by Crippen LogP contribution is -2.55. The zero-order chi connectivity index (χ0) is 24.1. The Morgan fingerprint density at radius 1 is 0.971 bits per heavy atom. The van der Waals surface area contributed by atoms with Crippen molar-refractivity contribution >= 4 is 5.78 Å². The third-order valence-corrected chi connectivity index (χ3v) is 6.96. The van der Waals surface area contributed by atoms with E-state index in [9.17, 15) is 9.18 Å². The number of aliphatic hydroxyl groups is 1. The van der Waals surface area contributed by atoms with Gasteiger partial charge in [0.05, 0.1) is 13.2 Å². The van der Waals surface area contributed by atoms with Gasteiger partial charge >= 0.3 is 0 Å². The van der Waals surface area contributed by atoms with E-state index >= 15 is 0 Å². The van der Waals surface area contributed by atoms with Crippen LogP contribution in [0.3, 0.4) is 0 Å². The molecule has 2 heterocycles. The highest BCUT2D eigenvalue weighted by Crippen LogP contribution is 2.22. The number of ketones is 1. The monoisotopic (exact) mass is 469 g/mol. The zero-order valence-corrected chi connectivity index (χ0v) is 20.3. The molecule has 7 heteroatoms. The fourth-order valence-corrected chi connectivity index (χ4v) is 5.14. The Labute approximate surface area is 201 Å². The van der Waals surface area contributed by atoms with Crippen LogP contribution >= 0.6 is 0 Å². The van der Waals surface area contributed by atoms with Gasteiger partial charge < -0.3 is 9.84 Å². The summed E-state index contributed by atoms with van der Waals surface area (Å²) in [6.07, 6.45) is 0. The summed E-state index contributed by atoms with van der Waals surface area (Å²) in [5, 5.41) is 9.00. The van der Waals surface area contributed by atoms with Crippen molar-refractivity contribution < 1.29 is 19.0 Å². The molecule has 0 saturated carbocycles. The third kappa shape index (κ3) is 6.29. The van der Waals surface area contributed by atoms with Gasteiger partial charge in [0.1, 0.15) is 12.4 Å². The number of benzene rings is 2. The van der Waals surface area contributed by atoms with Gasteiger partial charge in [-0.15, -0.1) is 0 Å². The maximum absolute atomic E-state index is 14.6. The lowest BCUT2D eigenvalue weighted by atomic mass is 10.0. The van der Waals surface area contributed by atoms with Crippen LogP contribution in [0, 0.1) is 5.82 Å². The number of nitrogens with zero attached hydrogens (tertiary/aromatic N) is 3. The molecule has 2 aliphatic heterocycles. The number of rotatable bonds is 8. The van der Waals surface area contributed by atoms with Crippen LogP contribution in [0.5, 0.6) is 0 Å². The summed E-state index contributed by atoms with van der Waals surface area (Å²) < 4.78 is 20.0. The van der Waals surface area contributed by atoms with Gasteiger partial charge in [-0.25, -0.2) is 4.39 Å². The summed E-state index contributed by atoms with van der Waals surface area (Å²) in [7, 11) is 0. The number of hydrogen-bond acceptors (Lipinski definition) is 6. The first-order valence-corrected chi connectivity index (χ1v) is 12.2. The van der Waals surface area contributed by atoms with Crippen molar-refractivity contribution in [3.63, 3.8) is 0 Å². The fourth-order valence-electron chi connectivity index (χ4n) is 5.14. The van der Waals surface area contributed by atoms with Crippen molar-refractivity contribution in [3.05, 3.63) is 70.5 Å². The van der Waals surface area contributed by atoms with Crippen molar-refractivity contribution in [2.45, 2.75) is 45.6 Å². The first kappa shape index (κ1) is 24.9. The van der Waals surface area contributed by atoms with Gasteiger partial charge in [0, 0.05) is 69.0 Å². The lowest BCUT2D eigenvalue weighted by Gasteiger charge is -2.44. The third-order valence-electron chi connectivity index (χ3n) is 6.96. The molecule has 2 aromatic carbocycles. The number of morpholine rings is 1. The molecular formula is C27H36FN3O3. The molecule has 2 aliphatic rings. The van der Waals surface area contributed by atoms with Crippen molar-refractivity contribution in [3.8, 4) is 0 Å². The summed E-state index contributed by atoms with van der Waals surface area (Å²) in [5.41, 5.74) is 3.47. The van der Waals surface area contributed by atoms with Crippen molar-refractivity contribution in [2.24, 2.45) is 0 Å². The number of carbonyl (C=O) groups excluding carboxylic acids is 1. The van der Waals surface area contributed by atoms with E-state index in [0.717, 1.165) is 52.5 Å². The molecule has 0 aliphatic carbocycles. The molecule has 2 fully saturated rings. The minimum atomic E-state index is -0.605. The van der Waals surface area contributed by atoms with Gasteiger partial charge in [0.25, 0.3) is 0 Å². The van der Waals surface area contributed by atoms with E-state index in [0.29, 0.717) is 24.2 Å². The van der Waals surface area contributed by atoms with Crippen molar-refractivity contribution in [1.29, 1.82) is 0 Å². The molecule has 0 radical (unpaired) electrons. The highest BCUT2D eigenvalue weighted by atomic mass is 19.1. The van der Waals surface area contributed by atoms with Gasteiger partial charge in [0.2, 0.25) is 0 Å². The molecule has 4 rings (SSSR count). The van der Waals surface area contributed by atoms with Crippen LogP contribution in [-0.2, 0) is 24.4 Å². The van der Waals surface area contributed by atoms with E-state index in [1.54, 1.807) is 12.1 Å². The second kappa shape index (κ2) is 11.5. The van der Waals surface area contributed by atoms with Crippen LogP contribution in [0.2, 0.25) is 0 Å². The molecule has 2 atom stereocenters. The van der Waals surface area contributed by atoms with Crippen LogP contribution in [0.25, 0.3) is 0 Å². The molecule has 0 spiro atoms. The minimum Gasteiger partial charge on any atom is -0.388 e. The molecule has 184 valence electrons. The van der Waals surface area contributed by atoms with Gasteiger partial charge in [-0.05, 0) is 31.0 Å². The number of aliphatic hydroxyl groups excluding tert-OH is 1. The fraction of sp³-hybridized carbons (Fsp3) is 0.519. The Morgan fingerprint density at radius 3 is 2.29 bits per heavy atom. The predicted molar refractivity (Wildman–Crippen MR) is 130 cm³/mol. The second-order valence-corrected chi connectivity index (χ2v) is 9.66. The Bertz CT molecular complexity index is 967. The smallest absolute Gasteiger partial charge is 0.188 e. The summed E-state index contributed by atoms with van der Waals surface area (Å²) in [5.74, 6) is -0.852. The van der Waals surface area contributed by atoms with E-state index in [2.05, 4.69) is 52.8 Å². The van der Waals surface area contributed by atoms with Crippen molar-refractivity contribution in [2.75, 3.05) is 46.0 Å². The largest absolute Gasteiger partial charge is 0.388 e. The van der Waals surface area contributed by atoms with Crippen LogP contribution in [0.4, 0.5) is 4.39 Å². The van der Waals surface area contributed by atoms with E-state index in [4.69, 9.17) is 9.84 Å². The maximum Gasteiger partial charge on any atom is 0.188 e. The molecule has 0 bridgehead atoms. The summed E-state index contributed by atoms with van der Waals surface area (Å²) in [6, 6.07) is 14.1. The van der Waals surface area contributed by atoms with Crippen LogP contribution < -0.4 is 0 Å². The summed E-state index contributed by atoms with van der Waals surface area (Å²) in [4.78, 5) is 18.9. The quantitative estimate of drug-likeness (QED) is 0.600. The first-order chi connectivity index (χ1) is 16.4. The summed E-state index contributed by atoms with van der Waals surface area (Å²) >= 11 is 0.